The molecule has 92 valence electrons. The van der Waals surface area contributed by atoms with E-state index >= 15 is 0 Å². The largest absolute Gasteiger partial charge is 0.375 e. The molecule has 1 saturated carbocycles. The Morgan fingerprint density at radius 2 is 2.29 bits per heavy atom. The van der Waals surface area contributed by atoms with Gasteiger partial charge in [-0.05, 0) is 44.3 Å². The van der Waals surface area contributed by atoms with Gasteiger partial charge in [-0.3, -0.25) is 5.43 Å². The maximum Gasteiger partial charge on any atom is 0.184 e. The Labute approximate surface area is 108 Å². The Hall–Kier alpha value is -1.16. The van der Waals surface area contributed by atoms with E-state index in [1.807, 2.05) is 0 Å². The standard InChI is InChI=1S/C13H19N3S/c14-13(17)16-15-12-9-5-4-8-11(12)10-6-2-1-3-7-10/h1-2,6,11H,3-5,7-9H2,(H3,14,16,17)/b15-12+. The van der Waals surface area contributed by atoms with Gasteiger partial charge in [-0.15, -0.1) is 0 Å². The second-order valence-corrected chi connectivity index (χ2v) is 5.03. The minimum Gasteiger partial charge on any atom is -0.375 e. The van der Waals surface area contributed by atoms with Gasteiger partial charge in [-0.2, -0.15) is 5.10 Å². The molecule has 3 nitrogen and oxygen atoms in total. The molecule has 3 N–H and O–H groups in total. The van der Waals surface area contributed by atoms with Crippen LogP contribution in [0.4, 0.5) is 0 Å². The molecule has 0 aromatic heterocycles. The molecule has 0 amide bonds. The molecule has 2 aliphatic rings. The van der Waals surface area contributed by atoms with Crippen LogP contribution in [0.5, 0.6) is 0 Å². The summed E-state index contributed by atoms with van der Waals surface area (Å²) < 4.78 is 0. The lowest BCUT2D eigenvalue weighted by atomic mass is 9.79. The van der Waals surface area contributed by atoms with E-state index in [9.17, 15) is 0 Å². The molecule has 1 unspecified atom stereocenters. The summed E-state index contributed by atoms with van der Waals surface area (Å²) in [6, 6.07) is 0. The Balaban J connectivity index is 2.11. The first-order valence-electron chi connectivity index (χ1n) is 6.25. The van der Waals surface area contributed by atoms with E-state index in [-0.39, 0.29) is 5.11 Å². The van der Waals surface area contributed by atoms with E-state index in [2.05, 4.69) is 28.8 Å². The monoisotopic (exact) mass is 249 g/mol. The van der Waals surface area contributed by atoms with Gasteiger partial charge in [0.05, 0.1) is 0 Å². The van der Waals surface area contributed by atoms with Gasteiger partial charge in [0, 0.05) is 11.6 Å². The highest BCUT2D eigenvalue weighted by atomic mass is 32.1. The quantitative estimate of drug-likeness (QED) is 0.584. The van der Waals surface area contributed by atoms with E-state index in [1.165, 1.54) is 30.5 Å². The lowest BCUT2D eigenvalue weighted by molar-refractivity contribution is 0.558. The lowest BCUT2D eigenvalue weighted by Gasteiger charge is -2.27. The summed E-state index contributed by atoms with van der Waals surface area (Å²) in [6.07, 6.45) is 13.7. The first-order chi connectivity index (χ1) is 8.27. The highest BCUT2D eigenvalue weighted by molar-refractivity contribution is 7.80. The topological polar surface area (TPSA) is 50.4 Å². The number of nitrogens with one attached hydrogen (secondary N) is 1. The van der Waals surface area contributed by atoms with Crippen LogP contribution >= 0.6 is 12.2 Å². The van der Waals surface area contributed by atoms with Crippen LogP contribution in [0.2, 0.25) is 0 Å². The Kier molecular flexibility index (Phi) is 4.31. The number of hydrogen-bond acceptors (Lipinski definition) is 2. The second-order valence-electron chi connectivity index (χ2n) is 4.59. The van der Waals surface area contributed by atoms with Crippen LogP contribution in [0.25, 0.3) is 0 Å². The van der Waals surface area contributed by atoms with E-state index in [1.54, 1.807) is 0 Å². The van der Waals surface area contributed by atoms with Crippen molar-refractivity contribution in [3.63, 3.8) is 0 Å². The molecule has 2 rings (SSSR count). The minimum atomic E-state index is 0.249. The van der Waals surface area contributed by atoms with E-state index in [0.29, 0.717) is 5.92 Å². The molecular weight excluding hydrogens is 230 g/mol. The van der Waals surface area contributed by atoms with E-state index < -0.39 is 0 Å². The zero-order valence-corrected chi connectivity index (χ0v) is 10.8. The third-order valence-corrected chi connectivity index (χ3v) is 3.47. The number of thiocarbonyl (C=S) groups is 1. The smallest absolute Gasteiger partial charge is 0.184 e. The molecule has 0 aliphatic heterocycles. The Bertz CT molecular complexity index is 382. The van der Waals surface area contributed by atoms with Crippen molar-refractivity contribution >= 4 is 23.0 Å². The summed E-state index contributed by atoms with van der Waals surface area (Å²) in [5.74, 6) is 0.496. The summed E-state index contributed by atoms with van der Waals surface area (Å²) in [7, 11) is 0. The van der Waals surface area contributed by atoms with Crippen molar-refractivity contribution in [1.82, 2.24) is 5.43 Å². The summed E-state index contributed by atoms with van der Waals surface area (Å²) in [4.78, 5) is 0. The van der Waals surface area contributed by atoms with Crippen molar-refractivity contribution in [2.45, 2.75) is 38.5 Å². The predicted molar refractivity (Wildman–Crippen MR) is 75.8 cm³/mol. The molecule has 0 aromatic carbocycles. The Morgan fingerprint density at radius 3 is 3.00 bits per heavy atom. The molecule has 0 aromatic rings. The van der Waals surface area contributed by atoms with Crippen molar-refractivity contribution < 1.29 is 0 Å². The molecule has 1 fully saturated rings. The van der Waals surface area contributed by atoms with Crippen molar-refractivity contribution in [3.05, 3.63) is 23.8 Å². The van der Waals surface area contributed by atoms with Crippen LogP contribution in [-0.4, -0.2) is 10.8 Å². The van der Waals surface area contributed by atoms with Crippen LogP contribution < -0.4 is 11.2 Å². The highest BCUT2D eigenvalue weighted by Gasteiger charge is 2.24. The molecule has 0 bridgehead atoms. The van der Waals surface area contributed by atoms with Gasteiger partial charge in [0.15, 0.2) is 5.11 Å². The van der Waals surface area contributed by atoms with Crippen LogP contribution in [0.3, 0.4) is 0 Å². The van der Waals surface area contributed by atoms with E-state index in [0.717, 1.165) is 19.3 Å². The van der Waals surface area contributed by atoms with Crippen molar-refractivity contribution in [3.8, 4) is 0 Å². The summed E-state index contributed by atoms with van der Waals surface area (Å²) in [5, 5.41) is 4.62. The first kappa shape index (κ1) is 12.3. The van der Waals surface area contributed by atoms with Crippen molar-refractivity contribution in [1.29, 1.82) is 0 Å². The molecule has 1 atom stereocenters. The molecule has 0 radical (unpaired) electrons. The predicted octanol–water partition coefficient (Wildman–Crippen LogP) is 2.64. The normalized spacial score (nSPS) is 26.7. The fourth-order valence-corrected chi connectivity index (χ4v) is 2.61. The van der Waals surface area contributed by atoms with Gasteiger partial charge in [0.1, 0.15) is 0 Å². The Morgan fingerprint density at radius 1 is 1.41 bits per heavy atom. The van der Waals surface area contributed by atoms with Crippen LogP contribution in [0.1, 0.15) is 38.5 Å². The van der Waals surface area contributed by atoms with Gasteiger partial charge >= 0.3 is 0 Å². The van der Waals surface area contributed by atoms with Gasteiger partial charge in [0.2, 0.25) is 0 Å². The molecular formula is C13H19N3S. The third-order valence-electron chi connectivity index (χ3n) is 3.38. The number of nitrogens with zero attached hydrogens (tertiary/aromatic N) is 1. The second kappa shape index (κ2) is 5.96. The average molecular weight is 249 g/mol. The summed E-state index contributed by atoms with van der Waals surface area (Å²) >= 11 is 4.79. The molecule has 17 heavy (non-hydrogen) atoms. The van der Waals surface area contributed by atoms with Gasteiger partial charge in [-0.25, -0.2) is 0 Å². The number of hydrazone groups is 1. The van der Waals surface area contributed by atoms with Crippen LogP contribution in [0, 0.1) is 5.92 Å². The van der Waals surface area contributed by atoms with Crippen molar-refractivity contribution in [2.24, 2.45) is 16.8 Å². The molecule has 4 heteroatoms. The fourth-order valence-electron chi connectivity index (χ4n) is 2.57. The number of nitrogens with two attached hydrogens (primary N) is 1. The highest BCUT2D eigenvalue weighted by Crippen LogP contribution is 2.31. The SMILES string of the molecule is NC(=S)N/N=C1\CCCCC1C1=CC=CCC1. The first-order valence-corrected chi connectivity index (χ1v) is 6.65. The van der Waals surface area contributed by atoms with Crippen LogP contribution in [-0.2, 0) is 0 Å². The average Bonchev–Trinajstić information content (AvgIpc) is 2.38. The zero-order valence-electron chi connectivity index (χ0n) is 9.98. The number of hydrogen-bond donors (Lipinski definition) is 2. The number of rotatable bonds is 2. The molecule has 2 aliphatic carbocycles. The maximum absolute atomic E-state index is 5.42. The maximum atomic E-state index is 5.42. The van der Waals surface area contributed by atoms with Gasteiger partial charge < -0.3 is 5.73 Å². The fraction of sp³-hybridized carbons (Fsp3) is 0.538. The number of allylic oxidation sites excluding steroid dienone is 4. The van der Waals surface area contributed by atoms with Gasteiger partial charge in [0.25, 0.3) is 0 Å². The summed E-state index contributed by atoms with van der Waals surface area (Å²) in [5.41, 5.74) is 10.9. The molecule has 0 saturated heterocycles. The molecule has 0 spiro atoms. The summed E-state index contributed by atoms with van der Waals surface area (Å²) in [6.45, 7) is 0. The van der Waals surface area contributed by atoms with Crippen molar-refractivity contribution in [2.75, 3.05) is 0 Å². The van der Waals surface area contributed by atoms with Crippen LogP contribution in [0.15, 0.2) is 28.9 Å². The molecule has 0 heterocycles. The minimum absolute atomic E-state index is 0.249. The zero-order chi connectivity index (χ0) is 12.1. The van der Waals surface area contributed by atoms with Gasteiger partial charge in [-0.1, -0.05) is 30.2 Å². The lowest BCUT2D eigenvalue weighted by Crippen LogP contribution is -2.29. The third kappa shape index (κ3) is 3.40. The van der Waals surface area contributed by atoms with E-state index in [4.69, 9.17) is 18.0 Å².